The lowest BCUT2D eigenvalue weighted by Gasteiger charge is -2.03. The second kappa shape index (κ2) is 3.90. The highest BCUT2D eigenvalue weighted by Gasteiger charge is 2.14. The first-order valence-corrected chi connectivity index (χ1v) is 5.16. The number of nitrogens with zero attached hydrogens (tertiary/aromatic N) is 2. The van der Waals surface area contributed by atoms with E-state index < -0.39 is 0 Å². The summed E-state index contributed by atoms with van der Waals surface area (Å²) in [5, 5.41) is 0. The lowest BCUT2D eigenvalue weighted by atomic mass is 10.0. The summed E-state index contributed by atoms with van der Waals surface area (Å²) < 4.78 is 10.6. The fourth-order valence-corrected chi connectivity index (χ4v) is 1.67. The van der Waals surface area contributed by atoms with E-state index in [1.807, 2.05) is 19.1 Å². The van der Waals surface area contributed by atoms with Gasteiger partial charge in [0.2, 0.25) is 11.8 Å². The van der Waals surface area contributed by atoms with E-state index in [-0.39, 0.29) is 0 Å². The van der Waals surface area contributed by atoms with E-state index in [1.165, 1.54) is 6.26 Å². The van der Waals surface area contributed by atoms with Crippen molar-refractivity contribution in [3.05, 3.63) is 48.7 Å². The fourth-order valence-electron chi connectivity index (χ4n) is 1.67. The normalized spacial score (nSPS) is 10.6. The van der Waals surface area contributed by atoms with Crippen LogP contribution in [0.4, 0.5) is 0 Å². The molecule has 0 saturated carbocycles. The van der Waals surface area contributed by atoms with E-state index in [0.29, 0.717) is 11.8 Å². The Bertz CT molecular complexity index is 613. The lowest BCUT2D eigenvalue weighted by molar-refractivity contribution is 0.567. The zero-order chi connectivity index (χ0) is 11.7. The molecule has 3 aromatic rings. The van der Waals surface area contributed by atoms with Crippen LogP contribution < -0.4 is 0 Å². The molecule has 4 nitrogen and oxygen atoms in total. The largest absolute Gasteiger partial charge is 0.445 e. The number of hydrogen-bond donors (Lipinski definition) is 0. The van der Waals surface area contributed by atoms with E-state index in [2.05, 4.69) is 16.0 Å². The van der Waals surface area contributed by atoms with Crippen LogP contribution in [0.1, 0.15) is 5.56 Å². The van der Waals surface area contributed by atoms with Gasteiger partial charge in [0.05, 0.1) is 23.5 Å². The number of oxazole rings is 2. The van der Waals surface area contributed by atoms with Gasteiger partial charge in [-0.15, -0.1) is 0 Å². The summed E-state index contributed by atoms with van der Waals surface area (Å²) in [4.78, 5) is 8.28. The van der Waals surface area contributed by atoms with Gasteiger partial charge in [0.1, 0.15) is 12.5 Å². The molecular formula is C13H9N2O2. The molecule has 0 unspecified atom stereocenters. The van der Waals surface area contributed by atoms with Gasteiger partial charge in [-0.25, -0.2) is 9.97 Å². The molecule has 3 rings (SSSR count). The van der Waals surface area contributed by atoms with Crippen molar-refractivity contribution in [3.63, 3.8) is 0 Å². The van der Waals surface area contributed by atoms with Gasteiger partial charge in [-0.05, 0) is 30.7 Å². The Morgan fingerprint density at radius 3 is 2.24 bits per heavy atom. The Hall–Kier alpha value is -2.36. The maximum absolute atomic E-state index is 5.32. The van der Waals surface area contributed by atoms with Gasteiger partial charge >= 0.3 is 0 Å². The molecule has 0 atom stereocenters. The molecule has 2 aromatic heterocycles. The van der Waals surface area contributed by atoms with Crippen LogP contribution in [-0.2, 0) is 0 Å². The Balaban J connectivity index is 2.22. The summed E-state index contributed by atoms with van der Waals surface area (Å²) in [7, 11) is 0. The topological polar surface area (TPSA) is 52.1 Å². The second-order valence-electron chi connectivity index (χ2n) is 3.62. The van der Waals surface area contributed by atoms with Crippen molar-refractivity contribution in [2.24, 2.45) is 0 Å². The molecule has 0 aliphatic rings. The van der Waals surface area contributed by atoms with Crippen LogP contribution in [0.2, 0.25) is 0 Å². The molecule has 83 valence electrons. The van der Waals surface area contributed by atoms with Crippen molar-refractivity contribution < 1.29 is 8.83 Å². The number of aryl methyl sites for hydroxylation is 1. The van der Waals surface area contributed by atoms with Crippen LogP contribution in [0.15, 0.2) is 45.9 Å². The van der Waals surface area contributed by atoms with Gasteiger partial charge < -0.3 is 8.83 Å². The molecule has 1 aromatic carbocycles. The van der Waals surface area contributed by atoms with Gasteiger partial charge in [-0.2, -0.15) is 0 Å². The quantitative estimate of drug-likeness (QED) is 0.672. The minimum Gasteiger partial charge on any atom is -0.445 e. The highest BCUT2D eigenvalue weighted by molar-refractivity contribution is 5.75. The van der Waals surface area contributed by atoms with E-state index in [1.54, 1.807) is 18.7 Å². The molecule has 0 spiro atoms. The first kappa shape index (κ1) is 9.84. The monoisotopic (exact) mass is 225 g/mol. The predicted octanol–water partition coefficient (Wildman–Crippen LogP) is 3.11. The molecule has 0 bridgehead atoms. The van der Waals surface area contributed by atoms with E-state index in [4.69, 9.17) is 8.83 Å². The summed E-state index contributed by atoms with van der Waals surface area (Å²) in [6, 6.07) is 6.90. The van der Waals surface area contributed by atoms with E-state index in [0.717, 1.165) is 16.7 Å². The molecule has 2 heterocycles. The Morgan fingerprint density at radius 1 is 1.00 bits per heavy atom. The number of benzene rings is 1. The summed E-state index contributed by atoms with van der Waals surface area (Å²) in [5.74, 6) is 1.09. The minimum atomic E-state index is 0.537. The zero-order valence-corrected chi connectivity index (χ0v) is 9.18. The molecule has 0 aliphatic carbocycles. The van der Waals surface area contributed by atoms with Gasteiger partial charge in [0.25, 0.3) is 0 Å². The van der Waals surface area contributed by atoms with Crippen molar-refractivity contribution in [2.75, 3.05) is 0 Å². The number of rotatable bonds is 2. The molecule has 0 saturated heterocycles. The summed E-state index contributed by atoms with van der Waals surface area (Å²) in [6.07, 6.45) is 6.30. The van der Waals surface area contributed by atoms with Crippen molar-refractivity contribution >= 4 is 0 Å². The summed E-state index contributed by atoms with van der Waals surface area (Å²) in [6.45, 7) is 1.96. The van der Waals surface area contributed by atoms with Crippen LogP contribution in [-0.4, -0.2) is 9.97 Å². The van der Waals surface area contributed by atoms with Crippen molar-refractivity contribution in [3.8, 4) is 22.9 Å². The smallest absolute Gasteiger partial charge is 0.226 e. The highest BCUT2D eigenvalue weighted by atomic mass is 16.3. The zero-order valence-electron chi connectivity index (χ0n) is 9.18. The highest BCUT2D eigenvalue weighted by Crippen LogP contribution is 2.30. The molecule has 0 aliphatic heterocycles. The van der Waals surface area contributed by atoms with Gasteiger partial charge in [-0.1, -0.05) is 0 Å². The molecule has 0 N–H and O–H groups in total. The predicted molar refractivity (Wildman–Crippen MR) is 61.0 cm³/mol. The van der Waals surface area contributed by atoms with Gasteiger partial charge in [0.15, 0.2) is 0 Å². The third-order valence-electron chi connectivity index (χ3n) is 2.42. The average Bonchev–Trinajstić information content (AvgIpc) is 3.02. The third kappa shape index (κ3) is 1.73. The van der Waals surface area contributed by atoms with E-state index in [9.17, 15) is 0 Å². The lowest BCUT2D eigenvalue weighted by Crippen LogP contribution is -1.87. The fraction of sp³-hybridized carbons (Fsp3) is 0.0769. The second-order valence-corrected chi connectivity index (χ2v) is 3.62. The summed E-state index contributed by atoms with van der Waals surface area (Å²) >= 11 is 0. The summed E-state index contributed by atoms with van der Waals surface area (Å²) in [5.41, 5.74) is 2.69. The molecule has 1 radical (unpaired) electrons. The van der Waals surface area contributed by atoms with Crippen molar-refractivity contribution in [1.29, 1.82) is 0 Å². The minimum absolute atomic E-state index is 0.537. The third-order valence-corrected chi connectivity index (χ3v) is 2.42. The molecule has 4 heteroatoms. The maximum Gasteiger partial charge on any atom is 0.226 e. The van der Waals surface area contributed by atoms with Crippen molar-refractivity contribution in [2.45, 2.75) is 6.92 Å². The maximum atomic E-state index is 5.32. The van der Waals surface area contributed by atoms with Crippen molar-refractivity contribution in [1.82, 2.24) is 9.97 Å². The van der Waals surface area contributed by atoms with E-state index >= 15 is 0 Å². The average molecular weight is 225 g/mol. The van der Waals surface area contributed by atoms with Crippen LogP contribution >= 0.6 is 0 Å². The van der Waals surface area contributed by atoms with Crippen LogP contribution in [0.5, 0.6) is 0 Å². The SMILES string of the molecule is Cc1[c]cc(-c2ncco2)c(-c2ncco2)c1. The Morgan fingerprint density at radius 2 is 1.65 bits per heavy atom. The van der Waals surface area contributed by atoms with Gasteiger partial charge in [-0.3, -0.25) is 0 Å². The number of hydrogen-bond acceptors (Lipinski definition) is 4. The van der Waals surface area contributed by atoms with Crippen LogP contribution in [0.25, 0.3) is 22.9 Å². The molecular weight excluding hydrogens is 216 g/mol. The van der Waals surface area contributed by atoms with Crippen LogP contribution in [0, 0.1) is 13.0 Å². The van der Waals surface area contributed by atoms with Gasteiger partial charge in [0, 0.05) is 0 Å². The molecule has 0 amide bonds. The van der Waals surface area contributed by atoms with Crippen LogP contribution in [0.3, 0.4) is 0 Å². The first-order chi connectivity index (χ1) is 8.34. The Labute approximate surface area is 97.9 Å². The Kier molecular flexibility index (Phi) is 2.26. The number of aromatic nitrogens is 2. The molecule has 0 fully saturated rings. The standard InChI is InChI=1S/C13H9N2O2/c1-9-2-3-10(12-14-4-6-16-12)11(8-9)13-15-5-7-17-13/h3-8H,1H3. The first-order valence-electron chi connectivity index (χ1n) is 5.16. The molecule has 17 heavy (non-hydrogen) atoms.